The maximum Gasteiger partial charge on any atom is 0.227 e. The number of amides is 2. The third kappa shape index (κ3) is 4.45. The number of aryl methyl sites for hydroxylation is 1. The van der Waals surface area contributed by atoms with Crippen LogP contribution in [0.3, 0.4) is 0 Å². The van der Waals surface area contributed by atoms with E-state index in [9.17, 15) is 9.59 Å². The smallest absolute Gasteiger partial charge is 0.227 e. The lowest BCUT2D eigenvalue weighted by molar-refractivity contribution is -0.127. The molecular formula is C17H26ClN3O2. The number of nitrogens with two attached hydrogens (primary N) is 1. The predicted molar refractivity (Wildman–Crippen MR) is 94.8 cm³/mol. The maximum atomic E-state index is 12.4. The van der Waals surface area contributed by atoms with Gasteiger partial charge in [-0.3, -0.25) is 9.59 Å². The van der Waals surface area contributed by atoms with Crippen LogP contribution in [0.5, 0.6) is 0 Å². The molecule has 5 nitrogen and oxygen atoms in total. The van der Waals surface area contributed by atoms with Crippen molar-refractivity contribution in [2.24, 2.45) is 11.7 Å². The highest BCUT2D eigenvalue weighted by molar-refractivity contribution is 6.00. The fraction of sp³-hybridized carbons (Fsp3) is 0.529. The molecule has 0 spiro atoms. The minimum absolute atomic E-state index is 0. The molecule has 1 unspecified atom stereocenters. The van der Waals surface area contributed by atoms with Gasteiger partial charge in [-0.25, -0.2) is 0 Å². The average molecular weight is 340 g/mol. The molecule has 128 valence electrons. The predicted octanol–water partition coefficient (Wildman–Crippen LogP) is 1.88. The molecule has 1 aliphatic heterocycles. The van der Waals surface area contributed by atoms with Crippen molar-refractivity contribution in [3.05, 3.63) is 29.8 Å². The van der Waals surface area contributed by atoms with Crippen molar-refractivity contribution in [2.75, 3.05) is 18.0 Å². The number of para-hydroxylation sites is 1. The van der Waals surface area contributed by atoms with E-state index in [1.165, 1.54) is 0 Å². The number of anilines is 1. The summed E-state index contributed by atoms with van der Waals surface area (Å²) in [7, 11) is 0. The summed E-state index contributed by atoms with van der Waals surface area (Å²) in [6, 6.07) is 7.86. The van der Waals surface area contributed by atoms with Gasteiger partial charge in [0.15, 0.2) is 0 Å². The van der Waals surface area contributed by atoms with Crippen LogP contribution >= 0.6 is 12.4 Å². The highest BCUT2D eigenvalue weighted by Crippen LogP contribution is 2.28. The van der Waals surface area contributed by atoms with Gasteiger partial charge in [-0.05, 0) is 31.9 Å². The third-order valence-corrected chi connectivity index (χ3v) is 4.13. The number of carbonyl (C=O) groups is 2. The number of benzene rings is 1. The van der Waals surface area contributed by atoms with Crippen molar-refractivity contribution in [3.63, 3.8) is 0 Å². The summed E-state index contributed by atoms with van der Waals surface area (Å²) in [5.41, 5.74) is 7.24. The van der Waals surface area contributed by atoms with Gasteiger partial charge in [0.25, 0.3) is 0 Å². The molecule has 1 heterocycles. The zero-order valence-corrected chi connectivity index (χ0v) is 14.8. The fourth-order valence-electron chi connectivity index (χ4n) is 2.68. The lowest BCUT2D eigenvalue weighted by atomic mass is 10.0. The van der Waals surface area contributed by atoms with Crippen LogP contribution in [0, 0.1) is 5.92 Å². The van der Waals surface area contributed by atoms with E-state index in [0.717, 1.165) is 17.7 Å². The Morgan fingerprint density at radius 3 is 2.65 bits per heavy atom. The standard InChI is InChI=1S/C17H25N3O2.ClH/c1-4-12-7-5-6-8-14(12)20-10-13(9-15(20)21)16(22)19-17(2,3)11-18;/h5-8,13H,4,9-11,18H2,1-3H3,(H,19,22);1H. The molecule has 6 heteroatoms. The molecule has 0 aromatic heterocycles. The van der Waals surface area contributed by atoms with Gasteiger partial charge in [0, 0.05) is 30.7 Å². The molecule has 0 aliphatic carbocycles. The van der Waals surface area contributed by atoms with Gasteiger partial charge < -0.3 is 16.0 Å². The van der Waals surface area contributed by atoms with Crippen molar-refractivity contribution >= 4 is 29.9 Å². The lowest BCUT2D eigenvalue weighted by Crippen LogP contribution is -2.51. The first-order chi connectivity index (χ1) is 10.4. The Morgan fingerprint density at radius 1 is 1.39 bits per heavy atom. The molecule has 1 aromatic rings. The van der Waals surface area contributed by atoms with Gasteiger partial charge >= 0.3 is 0 Å². The Hall–Kier alpha value is -1.59. The molecular weight excluding hydrogens is 314 g/mol. The number of hydrogen-bond acceptors (Lipinski definition) is 3. The summed E-state index contributed by atoms with van der Waals surface area (Å²) in [5.74, 6) is -0.407. The number of hydrogen-bond donors (Lipinski definition) is 2. The van der Waals surface area contributed by atoms with E-state index in [-0.39, 0.29) is 36.6 Å². The van der Waals surface area contributed by atoms with Crippen LogP contribution in [0.1, 0.15) is 32.8 Å². The number of nitrogens with one attached hydrogen (secondary N) is 1. The second-order valence-corrected chi connectivity index (χ2v) is 6.46. The van der Waals surface area contributed by atoms with E-state index in [4.69, 9.17) is 5.73 Å². The zero-order valence-electron chi connectivity index (χ0n) is 14.0. The topological polar surface area (TPSA) is 75.4 Å². The van der Waals surface area contributed by atoms with Crippen molar-refractivity contribution in [1.29, 1.82) is 0 Å². The van der Waals surface area contributed by atoms with Crippen LogP contribution in [0.4, 0.5) is 5.69 Å². The van der Waals surface area contributed by atoms with E-state index in [1.807, 2.05) is 38.1 Å². The summed E-state index contributed by atoms with van der Waals surface area (Å²) < 4.78 is 0. The van der Waals surface area contributed by atoms with E-state index >= 15 is 0 Å². The largest absolute Gasteiger partial charge is 0.350 e. The first kappa shape index (κ1) is 19.5. The summed E-state index contributed by atoms with van der Waals surface area (Å²) in [6.45, 7) is 6.62. The van der Waals surface area contributed by atoms with Crippen LogP contribution in [0.25, 0.3) is 0 Å². The Kier molecular flexibility index (Phi) is 6.59. The highest BCUT2D eigenvalue weighted by atomic mass is 35.5. The normalized spacial score (nSPS) is 17.8. The first-order valence-corrected chi connectivity index (χ1v) is 7.78. The van der Waals surface area contributed by atoms with Gasteiger partial charge in [-0.1, -0.05) is 25.1 Å². The molecule has 1 fully saturated rings. The highest BCUT2D eigenvalue weighted by Gasteiger charge is 2.37. The van der Waals surface area contributed by atoms with Gasteiger partial charge in [-0.15, -0.1) is 12.4 Å². The second-order valence-electron chi connectivity index (χ2n) is 6.46. The van der Waals surface area contributed by atoms with Crippen LogP contribution in [0.15, 0.2) is 24.3 Å². The maximum absolute atomic E-state index is 12.4. The summed E-state index contributed by atoms with van der Waals surface area (Å²) >= 11 is 0. The molecule has 1 atom stereocenters. The molecule has 2 amide bonds. The average Bonchev–Trinajstić information content (AvgIpc) is 2.89. The Morgan fingerprint density at radius 2 is 2.04 bits per heavy atom. The first-order valence-electron chi connectivity index (χ1n) is 7.78. The van der Waals surface area contributed by atoms with Gasteiger partial charge in [0.1, 0.15) is 0 Å². The summed E-state index contributed by atoms with van der Waals surface area (Å²) in [6.07, 6.45) is 1.11. The molecule has 1 aromatic carbocycles. The van der Waals surface area contributed by atoms with Crippen LogP contribution in [-0.4, -0.2) is 30.4 Å². The SMILES string of the molecule is CCc1ccccc1N1CC(C(=O)NC(C)(C)CN)CC1=O.Cl. The minimum atomic E-state index is -0.450. The number of nitrogens with zero attached hydrogens (tertiary/aromatic N) is 1. The summed E-state index contributed by atoms with van der Waals surface area (Å²) in [5, 5.41) is 2.93. The quantitative estimate of drug-likeness (QED) is 0.860. The summed E-state index contributed by atoms with van der Waals surface area (Å²) in [4.78, 5) is 26.4. The molecule has 0 radical (unpaired) electrons. The van der Waals surface area contributed by atoms with E-state index in [2.05, 4.69) is 12.2 Å². The molecule has 3 N–H and O–H groups in total. The van der Waals surface area contributed by atoms with Crippen LogP contribution < -0.4 is 16.0 Å². The number of carbonyl (C=O) groups excluding carboxylic acids is 2. The molecule has 23 heavy (non-hydrogen) atoms. The van der Waals surface area contributed by atoms with Crippen molar-refractivity contribution in [3.8, 4) is 0 Å². The van der Waals surface area contributed by atoms with Gasteiger partial charge in [-0.2, -0.15) is 0 Å². The van der Waals surface area contributed by atoms with Gasteiger partial charge in [0.2, 0.25) is 11.8 Å². The van der Waals surface area contributed by atoms with E-state index in [0.29, 0.717) is 13.1 Å². The molecule has 0 saturated carbocycles. The Labute approximate surface area is 144 Å². The van der Waals surface area contributed by atoms with Crippen LogP contribution in [0.2, 0.25) is 0 Å². The van der Waals surface area contributed by atoms with Crippen molar-refractivity contribution in [1.82, 2.24) is 5.32 Å². The monoisotopic (exact) mass is 339 g/mol. The molecule has 0 bridgehead atoms. The Bertz CT molecular complexity index is 575. The number of rotatable bonds is 5. The second kappa shape index (κ2) is 7.79. The van der Waals surface area contributed by atoms with Crippen LogP contribution in [-0.2, 0) is 16.0 Å². The van der Waals surface area contributed by atoms with E-state index in [1.54, 1.807) is 4.90 Å². The molecule has 1 aliphatic rings. The van der Waals surface area contributed by atoms with E-state index < -0.39 is 5.54 Å². The Balaban J connectivity index is 0.00000264. The molecule has 1 saturated heterocycles. The zero-order chi connectivity index (χ0) is 16.3. The van der Waals surface area contributed by atoms with Gasteiger partial charge in [0.05, 0.1) is 5.92 Å². The fourth-order valence-corrected chi connectivity index (χ4v) is 2.68. The third-order valence-electron chi connectivity index (χ3n) is 4.13. The van der Waals surface area contributed by atoms with Crippen molar-refractivity contribution in [2.45, 2.75) is 39.2 Å². The van der Waals surface area contributed by atoms with Crippen molar-refractivity contribution < 1.29 is 9.59 Å². The lowest BCUT2D eigenvalue weighted by Gasteiger charge is -2.26. The minimum Gasteiger partial charge on any atom is -0.350 e. The number of halogens is 1. The molecule has 2 rings (SSSR count).